The summed E-state index contributed by atoms with van der Waals surface area (Å²) in [5, 5.41) is 2.95. The Hall–Kier alpha value is -3.42. The largest absolute Gasteiger partial charge is 0.492 e. The summed E-state index contributed by atoms with van der Waals surface area (Å²) in [4.78, 5) is 27.3. The van der Waals surface area contributed by atoms with Gasteiger partial charge in [-0.15, -0.1) is 0 Å². The summed E-state index contributed by atoms with van der Waals surface area (Å²) in [5.41, 5.74) is 2.33. The Balaban J connectivity index is 1.32. The average Bonchev–Trinajstić information content (AvgIpc) is 3.45. The Kier molecular flexibility index (Phi) is 4.84. The van der Waals surface area contributed by atoms with Gasteiger partial charge in [-0.2, -0.15) is 0 Å². The number of anilines is 2. The van der Waals surface area contributed by atoms with Crippen LogP contribution in [0.5, 0.6) is 23.0 Å². The number of hydrogen-bond acceptors (Lipinski definition) is 6. The summed E-state index contributed by atoms with van der Waals surface area (Å²) in [6.45, 7) is 4.86. The van der Waals surface area contributed by atoms with Crippen molar-refractivity contribution < 1.29 is 28.5 Å². The summed E-state index contributed by atoms with van der Waals surface area (Å²) >= 11 is 0. The molecule has 2 atom stereocenters. The Morgan fingerprint density at radius 1 is 1.16 bits per heavy atom. The van der Waals surface area contributed by atoms with Crippen LogP contribution in [-0.4, -0.2) is 37.9 Å². The lowest BCUT2D eigenvalue weighted by atomic mass is 10.1. The lowest BCUT2D eigenvalue weighted by Gasteiger charge is -2.18. The molecule has 0 aliphatic carbocycles. The number of amides is 2. The van der Waals surface area contributed by atoms with Gasteiger partial charge in [0.15, 0.2) is 11.5 Å². The summed E-state index contributed by atoms with van der Waals surface area (Å²) in [7, 11) is 0. The number of fused-ring (bicyclic) bond motifs is 2. The van der Waals surface area contributed by atoms with Gasteiger partial charge in [0.25, 0.3) is 0 Å². The minimum absolute atomic E-state index is 0.0955. The van der Waals surface area contributed by atoms with Gasteiger partial charge in [-0.3, -0.25) is 9.59 Å². The molecule has 3 aliphatic rings. The molecule has 0 aromatic heterocycles. The Labute approximate surface area is 180 Å². The van der Waals surface area contributed by atoms with Gasteiger partial charge in [0.1, 0.15) is 17.6 Å². The van der Waals surface area contributed by atoms with Crippen LogP contribution in [0.25, 0.3) is 0 Å². The molecular formula is C23H24N2O6. The molecule has 5 rings (SSSR count). The molecule has 2 aromatic carbocycles. The summed E-state index contributed by atoms with van der Waals surface area (Å²) in [6.07, 6.45) is 1.05. The van der Waals surface area contributed by atoms with E-state index in [1.807, 2.05) is 26.0 Å². The quantitative estimate of drug-likeness (QED) is 0.794. The first-order valence-electron chi connectivity index (χ1n) is 10.5. The minimum atomic E-state index is -0.472. The van der Waals surface area contributed by atoms with Gasteiger partial charge in [0.2, 0.25) is 18.6 Å². The van der Waals surface area contributed by atoms with Crippen molar-refractivity contribution in [3.05, 3.63) is 35.9 Å². The van der Waals surface area contributed by atoms with Crippen LogP contribution in [-0.2, 0) is 16.0 Å². The predicted molar refractivity (Wildman–Crippen MR) is 113 cm³/mol. The average molecular weight is 424 g/mol. The predicted octanol–water partition coefficient (Wildman–Crippen LogP) is 3.13. The van der Waals surface area contributed by atoms with Crippen molar-refractivity contribution in [3.8, 4) is 23.0 Å². The molecule has 0 spiro atoms. The molecule has 162 valence electrons. The Bertz CT molecular complexity index is 1050. The highest BCUT2D eigenvalue weighted by molar-refractivity contribution is 6.04. The fourth-order valence-corrected chi connectivity index (χ4v) is 4.23. The molecule has 0 saturated carbocycles. The molecule has 1 saturated heterocycles. The van der Waals surface area contributed by atoms with Gasteiger partial charge in [0, 0.05) is 42.8 Å². The van der Waals surface area contributed by atoms with E-state index in [0.29, 0.717) is 41.8 Å². The van der Waals surface area contributed by atoms with E-state index >= 15 is 0 Å². The second-order valence-electron chi connectivity index (χ2n) is 7.95. The van der Waals surface area contributed by atoms with E-state index in [9.17, 15) is 9.59 Å². The number of hydrogen-bond donors (Lipinski definition) is 1. The molecule has 3 aliphatic heterocycles. The van der Waals surface area contributed by atoms with E-state index in [-0.39, 0.29) is 31.1 Å². The van der Waals surface area contributed by atoms with Gasteiger partial charge in [-0.1, -0.05) is 0 Å². The van der Waals surface area contributed by atoms with E-state index in [1.165, 1.54) is 0 Å². The van der Waals surface area contributed by atoms with Crippen LogP contribution in [0, 0.1) is 5.92 Å². The Morgan fingerprint density at radius 2 is 2.00 bits per heavy atom. The monoisotopic (exact) mass is 424 g/mol. The van der Waals surface area contributed by atoms with Gasteiger partial charge >= 0.3 is 0 Å². The standard InChI is InChI=1S/C23H24N2O6/c1-3-28-20-7-14-6-13(2)31-19(14)10-17(20)24-23(27)15-8-22(26)25(11-15)16-4-5-18-21(9-16)30-12-29-18/h4-5,7,9-10,13,15H,3,6,8,11-12H2,1-2H3,(H,24,27)/t13-,15-/m1/s1. The zero-order chi connectivity index (χ0) is 21.5. The van der Waals surface area contributed by atoms with Crippen LogP contribution < -0.4 is 29.2 Å². The van der Waals surface area contributed by atoms with Crippen LogP contribution in [0.1, 0.15) is 25.8 Å². The van der Waals surface area contributed by atoms with Gasteiger partial charge in [-0.25, -0.2) is 0 Å². The van der Waals surface area contributed by atoms with Crippen molar-refractivity contribution in [3.63, 3.8) is 0 Å². The van der Waals surface area contributed by atoms with Crippen LogP contribution in [0.4, 0.5) is 11.4 Å². The zero-order valence-corrected chi connectivity index (χ0v) is 17.5. The van der Waals surface area contributed by atoms with Crippen molar-refractivity contribution >= 4 is 23.2 Å². The summed E-state index contributed by atoms with van der Waals surface area (Å²) in [5.74, 6) is 1.84. The molecule has 0 unspecified atom stereocenters. The number of benzene rings is 2. The van der Waals surface area contributed by atoms with E-state index in [4.69, 9.17) is 18.9 Å². The first kappa shape index (κ1) is 19.5. The SMILES string of the molecule is CCOc1cc2c(cc1NC(=O)[C@@H]1CC(=O)N(c3ccc4c(c3)OCO4)C1)O[C@H](C)C2. The zero-order valence-electron chi connectivity index (χ0n) is 17.5. The highest BCUT2D eigenvalue weighted by Crippen LogP contribution is 2.39. The number of rotatable bonds is 5. The number of carbonyl (C=O) groups is 2. The molecule has 2 amide bonds. The highest BCUT2D eigenvalue weighted by atomic mass is 16.7. The molecule has 2 aromatic rings. The first-order valence-corrected chi connectivity index (χ1v) is 10.5. The number of nitrogens with zero attached hydrogens (tertiary/aromatic N) is 1. The number of ether oxygens (including phenoxy) is 4. The van der Waals surface area contributed by atoms with Crippen molar-refractivity contribution in [1.82, 2.24) is 0 Å². The fraction of sp³-hybridized carbons (Fsp3) is 0.391. The maximum absolute atomic E-state index is 13.0. The third-order valence-electron chi connectivity index (χ3n) is 5.72. The Morgan fingerprint density at radius 3 is 2.84 bits per heavy atom. The topological polar surface area (TPSA) is 86.3 Å². The fourth-order valence-electron chi connectivity index (χ4n) is 4.23. The second-order valence-corrected chi connectivity index (χ2v) is 7.95. The van der Waals surface area contributed by atoms with E-state index in [0.717, 1.165) is 17.7 Å². The summed E-state index contributed by atoms with van der Waals surface area (Å²) < 4.78 is 22.3. The van der Waals surface area contributed by atoms with Crippen molar-refractivity contribution in [2.45, 2.75) is 32.8 Å². The van der Waals surface area contributed by atoms with Crippen LogP contribution >= 0.6 is 0 Å². The van der Waals surface area contributed by atoms with Crippen LogP contribution in [0.2, 0.25) is 0 Å². The molecule has 0 radical (unpaired) electrons. The van der Waals surface area contributed by atoms with Gasteiger partial charge in [0.05, 0.1) is 18.2 Å². The third kappa shape index (κ3) is 3.62. The molecule has 3 heterocycles. The highest BCUT2D eigenvalue weighted by Gasteiger charge is 2.36. The molecule has 31 heavy (non-hydrogen) atoms. The van der Waals surface area contributed by atoms with Crippen molar-refractivity contribution in [1.29, 1.82) is 0 Å². The van der Waals surface area contributed by atoms with Crippen molar-refractivity contribution in [2.75, 3.05) is 30.2 Å². The lowest BCUT2D eigenvalue weighted by molar-refractivity contribution is -0.122. The number of nitrogens with one attached hydrogen (secondary N) is 1. The molecule has 0 bridgehead atoms. The van der Waals surface area contributed by atoms with Gasteiger partial charge < -0.3 is 29.2 Å². The molecule has 8 heteroatoms. The summed E-state index contributed by atoms with van der Waals surface area (Å²) in [6, 6.07) is 9.09. The minimum Gasteiger partial charge on any atom is -0.492 e. The van der Waals surface area contributed by atoms with E-state index < -0.39 is 5.92 Å². The molecule has 1 N–H and O–H groups in total. The van der Waals surface area contributed by atoms with Gasteiger partial charge in [-0.05, 0) is 32.0 Å². The number of carbonyl (C=O) groups excluding carboxylic acids is 2. The smallest absolute Gasteiger partial charge is 0.231 e. The lowest BCUT2D eigenvalue weighted by Crippen LogP contribution is -2.28. The molecule has 1 fully saturated rings. The maximum Gasteiger partial charge on any atom is 0.231 e. The normalized spacial score (nSPS) is 21.1. The van der Waals surface area contributed by atoms with Crippen LogP contribution in [0.3, 0.4) is 0 Å². The molecular weight excluding hydrogens is 400 g/mol. The van der Waals surface area contributed by atoms with E-state index in [1.54, 1.807) is 23.1 Å². The van der Waals surface area contributed by atoms with E-state index in [2.05, 4.69) is 5.32 Å². The second kappa shape index (κ2) is 7.68. The third-order valence-corrected chi connectivity index (χ3v) is 5.72. The maximum atomic E-state index is 13.0. The first-order chi connectivity index (χ1) is 15.0. The molecule has 8 nitrogen and oxygen atoms in total. The van der Waals surface area contributed by atoms with Crippen LogP contribution in [0.15, 0.2) is 30.3 Å². The van der Waals surface area contributed by atoms with Crippen molar-refractivity contribution in [2.24, 2.45) is 5.92 Å².